The van der Waals surface area contributed by atoms with Crippen LogP contribution in [0.3, 0.4) is 0 Å². The van der Waals surface area contributed by atoms with Crippen molar-refractivity contribution in [2.24, 2.45) is 28.2 Å². The number of ketones is 1. The van der Waals surface area contributed by atoms with E-state index in [1.807, 2.05) is 125 Å². The monoisotopic (exact) mass is 1400 g/mol. The smallest absolute Gasteiger partial charge is 0.422 e. The zero-order valence-electron chi connectivity index (χ0n) is 58.7. The van der Waals surface area contributed by atoms with Crippen LogP contribution in [0.5, 0.6) is 0 Å². The molecule has 100 heavy (non-hydrogen) atoms. The number of hydrogen-bond acceptors (Lipinski definition) is 4. The molecule has 22 heteroatoms. The molecule has 1 aliphatic heterocycles. The molecule has 0 aliphatic carbocycles. The van der Waals surface area contributed by atoms with Gasteiger partial charge >= 0.3 is 18.0 Å². The van der Waals surface area contributed by atoms with E-state index in [0.717, 1.165) is 69.2 Å². The minimum absolute atomic E-state index is 0.0138. The maximum atomic E-state index is 14.1. The lowest BCUT2D eigenvalue weighted by atomic mass is 10.0. The van der Waals surface area contributed by atoms with Crippen LogP contribution in [0.1, 0.15) is 94.8 Å². The van der Waals surface area contributed by atoms with Crippen LogP contribution in [0.25, 0.3) is 45.3 Å². The number of Topliss-reactive ketones (excluding diaryl/α,β-unsaturated/α-hetero) is 1. The molecule has 1 aliphatic rings. The minimum Gasteiger partial charge on any atom is -0.437 e. The first-order valence-electron chi connectivity index (χ1n) is 32.1. The summed E-state index contributed by atoms with van der Waals surface area (Å²) in [7, 11) is 10.1. The fourth-order valence-corrected chi connectivity index (χ4v) is 11.2. The topological polar surface area (TPSA) is 90.6 Å². The minimum atomic E-state index is -5.53. The van der Waals surface area contributed by atoms with Gasteiger partial charge in [0.2, 0.25) is 35.8 Å². The lowest BCUT2D eigenvalue weighted by molar-refractivity contribution is -0.744. The molecule has 13 rings (SSSR count). The molecule has 0 bridgehead atoms. The highest BCUT2D eigenvalue weighted by Crippen LogP contribution is 2.45. The van der Waals surface area contributed by atoms with Gasteiger partial charge in [-0.2, -0.15) is 45.3 Å². The van der Waals surface area contributed by atoms with Crippen LogP contribution in [0.4, 0.5) is 35.1 Å². The SMILES string of the molecule is CC(=O)c1cn(-c2ccccc2C)[n+](C)c1.CC(F)(F)CC(F)(F)c1nn(-c2ccccc2)c(F)c1C(F)(F)F.Cc1ccccc1-[n+]1ccc(C)n1C.Cc1ccccc1-c1oc2ccccc2[n+]1C.Cc1ccccc1-n1cc(Cl)c[n+]1C.Cc1ccccc1C1=[N+](C)C(C)(C)CO1. The molecule has 0 spiro atoms. The van der Waals surface area contributed by atoms with E-state index < -0.39 is 41.6 Å². The van der Waals surface area contributed by atoms with Crippen molar-refractivity contribution in [2.45, 2.75) is 99.2 Å². The van der Waals surface area contributed by atoms with Crippen LogP contribution in [-0.2, 0) is 45.0 Å². The largest absolute Gasteiger partial charge is 0.437 e. The summed E-state index contributed by atoms with van der Waals surface area (Å²) in [6, 6.07) is 57.9. The number of hydrogen-bond donors (Lipinski definition) is 0. The van der Waals surface area contributed by atoms with Gasteiger partial charge in [0.1, 0.15) is 47.3 Å². The van der Waals surface area contributed by atoms with Crippen molar-refractivity contribution in [2.75, 3.05) is 13.7 Å². The third kappa shape index (κ3) is 18.1. The normalized spacial score (nSPS) is 12.6. The van der Waals surface area contributed by atoms with Gasteiger partial charge in [-0.1, -0.05) is 138 Å². The van der Waals surface area contributed by atoms with Gasteiger partial charge in [-0.3, -0.25) is 4.79 Å². The summed E-state index contributed by atoms with van der Waals surface area (Å²) in [6.07, 6.45) is 1.84. The fourth-order valence-electron chi connectivity index (χ4n) is 11.0. The van der Waals surface area contributed by atoms with E-state index in [4.69, 9.17) is 20.8 Å². The summed E-state index contributed by atoms with van der Waals surface area (Å²) in [4.78, 5) is 11.3. The number of aryl methyl sites for hydroxylation is 9. The van der Waals surface area contributed by atoms with Crippen LogP contribution in [-0.4, -0.2) is 65.2 Å². The Morgan fingerprint density at radius 3 is 1.59 bits per heavy atom. The Bertz CT molecular complexity index is 4800. The average molecular weight is 1400 g/mol. The highest BCUT2D eigenvalue weighted by Gasteiger charge is 2.52. The first kappa shape index (κ1) is 75.5. The Balaban J connectivity index is 0.000000154. The number of oxazole rings is 1. The number of benzene rings is 7. The number of aromatic nitrogens is 9. The third-order valence-electron chi connectivity index (χ3n) is 16.9. The molecule has 13 nitrogen and oxygen atoms in total. The number of likely N-dealkylation sites (N-methyl/N-ethyl adjacent to an activating group) is 1. The summed E-state index contributed by atoms with van der Waals surface area (Å²) in [5.74, 6) is -8.75. The van der Waals surface area contributed by atoms with Crippen molar-refractivity contribution in [3.8, 4) is 34.2 Å². The van der Waals surface area contributed by atoms with E-state index in [9.17, 15) is 39.9 Å². The number of carbonyl (C=O) groups excluding carboxylic acids is 1. The van der Waals surface area contributed by atoms with Gasteiger partial charge in [-0.15, -0.1) is 18.7 Å². The quantitative estimate of drug-likeness (QED) is 0.0775. The molecule has 522 valence electrons. The predicted molar refractivity (Wildman–Crippen MR) is 372 cm³/mol. The first-order valence-corrected chi connectivity index (χ1v) is 32.4. The van der Waals surface area contributed by atoms with E-state index in [1.54, 1.807) is 6.92 Å². The molecule has 0 saturated carbocycles. The van der Waals surface area contributed by atoms with Crippen molar-refractivity contribution in [3.05, 3.63) is 280 Å². The number of carbonyl (C=O) groups is 1. The predicted octanol–water partition coefficient (Wildman–Crippen LogP) is 16.6. The average Bonchev–Trinajstić information content (AvgIpc) is 1.59. The highest BCUT2D eigenvalue weighted by molar-refractivity contribution is 6.30. The van der Waals surface area contributed by atoms with Crippen molar-refractivity contribution in [1.29, 1.82) is 0 Å². The Morgan fingerprint density at radius 2 is 1.12 bits per heavy atom. The van der Waals surface area contributed by atoms with Gasteiger partial charge in [0.05, 0.1) is 48.4 Å². The Kier molecular flexibility index (Phi) is 23.9. The van der Waals surface area contributed by atoms with Gasteiger partial charge in [0, 0.05) is 37.6 Å². The van der Waals surface area contributed by atoms with Gasteiger partial charge in [0.15, 0.2) is 32.0 Å². The van der Waals surface area contributed by atoms with Crippen molar-refractivity contribution < 1.29 is 72.3 Å². The second-order valence-electron chi connectivity index (χ2n) is 25.2. The lowest BCUT2D eigenvalue weighted by Gasteiger charge is -2.20. The van der Waals surface area contributed by atoms with E-state index >= 15 is 0 Å². The number of fused-ring (bicyclic) bond motifs is 1. The molecule has 0 radical (unpaired) electrons. The second kappa shape index (κ2) is 31.7. The third-order valence-corrected chi connectivity index (χ3v) is 17.1. The zero-order chi connectivity index (χ0) is 73.2. The molecule has 7 aromatic carbocycles. The van der Waals surface area contributed by atoms with Crippen LogP contribution < -0.4 is 18.6 Å². The van der Waals surface area contributed by atoms with Gasteiger partial charge in [0.25, 0.3) is 17.4 Å². The molecule has 0 N–H and O–H groups in total. The van der Waals surface area contributed by atoms with Crippen LogP contribution >= 0.6 is 11.6 Å². The van der Waals surface area contributed by atoms with E-state index in [2.05, 4.69) is 190 Å². The van der Waals surface area contributed by atoms with E-state index in [0.29, 0.717) is 0 Å². The first-order chi connectivity index (χ1) is 47.1. The van der Waals surface area contributed by atoms with E-state index in [1.165, 1.54) is 63.0 Å². The molecule has 0 saturated heterocycles. The number of nitrogens with zero attached hydrogens (tertiary/aromatic N) is 10. The molecule has 5 aromatic heterocycles. The Hall–Kier alpha value is -10.3. The number of para-hydroxylation sites is 6. The molecule has 0 amide bonds. The zero-order valence-corrected chi connectivity index (χ0v) is 59.5. The van der Waals surface area contributed by atoms with Crippen molar-refractivity contribution in [3.63, 3.8) is 0 Å². The number of alkyl halides is 7. The summed E-state index contributed by atoms with van der Waals surface area (Å²) in [6.45, 7) is 19.4. The molecular formula is C78H84ClF8N10O3+5. The summed E-state index contributed by atoms with van der Waals surface area (Å²) >= 11 is 5.93. The second-order valence-corrected chi connectivity index (χ2v) is 25.6. The maximum absolute atomic E-state index is 14.1. The summed E-state index contributed by atoms with van der Waals surface area (Å²) in [5, 5.41) is 3.69. The number of rotatable bonds is 10. The van der Waals surface area contributed by atoms with Gasteiger partial charge < -0.3 is 9.15 Å². The molecular weight excluding hydrogens is 1310 g/mol. The van der Waals surface area contributed by atoms with Crippen LogP contribution in [0, 0.1) is 47.5 Å². The molecule has 12 aromatic rings. The Labute approximate surface area is 582 Å². The highest BCUT2D eigenvalue weighted by atomic mass is 35.5. The lowest BCUT2D eigenvalue weighted by Crippen LogP contribution is -2.39. The van der Waals surface area contributed by atoms with Crippen molar-refractivity contribution in [1.82, 2.24) is 23.8 Å². The maximum Gasteiger partial charge on any atom is 0.422 e. The fraction of sp³-hybridized carbons (Fsp3) is 0.269. The number of ether oxygens (including phenoxy) is 1. The standard InChI is InChI=1S/C15H14NO.C14H10F8N2.C13H15N2O.C13H18NO.C12H15N2.C11H12ClN2/c1-11-7-3-4-8-12(11)15-16(2)13-9-5-6-10-14(13)17-15;1-12(16,17)7-13(18,19)10-9(14(20,21)22)11(15)24(23-10)8-5-3-2-4-6-8;1-10-6-4-5-7-13(10)15-9-12(11(2)16)8-14(15)3;1-10-7-5-6-8-11(10)12-14(4)13(2,3)9-15-12;1-10-6-4-5-7-12(10)14-9-8-11(2)13(14)3;1-9-5-3-4-6-11(9)14-8-10(12)7-13(14)2/h3-10H,1-2H3;2-6H,7H2,1H3;4-9H,1-3H3;5-8H,9H2,1-4H3;4-9H,1-3H3;3-8H,1-2H3/q+1;;4*+1. The molecule has 0 fully saturated rings. The van der Waals surface area contributed by atoms with Gasteiger partial charge in [-0.05, 0) is 120 Å². The summed E-state index contributed by atoms with van der Waals surface area (Å²) in [5.41, 5.74) is 11.5. The van der Waals surface area contributed by atoms with Gasteiger partial charge in [-0.25, -0.2) is 13.5 Å². The Morgan fingerprint density at radius 1 is 0.620 bits per heavy atom. The number of halogens is 9. The molecule has 6 heterocycles. The molecule has 0 atom stereocenters. The molecule has 0 unspecified atom stereocenters. The van der Waals surface area contributed by atoms with Crippen molar-refractivity contribution >= 4 is 34.4 Å². The van der Waals surface area contributed by atoms with Crippen LogP contribution in [0.15, 0.2) is 217 Å². The van der Waals surface area contributed by atoms with Crippen LogP contribution in [0.2, 0.25) is 5.02 Å². The summed E-state index contributed by atoms with van der Waals surface area (Å²) < 4.78 is 135. The van der Waals surface area contributed by atoms with E-state index in [-0.39, 0.29) is 28.6 Å².